The second-order valence-corrected chi connectivity index (χ2v) is 6.61. The molecule has 1 fully saturated rings. The van der Waals surface area contributed by atoms with E-state index in [4.69, 9.17) is 9.47 Å². The van der Waals surface area contributed by atoms with E-state index in [1.165, 1.54) is 0 Å². The number of hydrogen-bond acceptors (Lipinski definition) is 5. The van der Waals surface area contributed by atoms with E-state index in [1.54, 1.807) is 4.90 Å². The lowest BCUT2D eigenvalue weighted by atomic mass is 10.1. The van der Waals surface area contributed by atoms with Crippen LogP contribution in [-0.2, 0) is 0 Å². The molecule has 1 unspecified atom stereocenters. The summed E-state index contributed by atoms with van der Waals surface area (Å²) >= 11 is 0. The van der Waals surface area contributed by atoms with Crippen molar-refractivity contribution in [3.63, 3.8) is 0 Å². The van der Waals surface area contributed by atoms with Crippen LogP contribution in [0.25, 0.3) is 0 Å². The number of aryl methyl sites for hydroxylation is 2. The largest absolute Gasteiger partial charge is 0.494 e. The fourth-order valence-corrected chi connectivity index (χ4v) is 3.14. The molecule has 2 heterocycles. The summed E-state index contributed by atoms with van der Waals surface area (Å²) < 4.78 is 11.4. The number of rotatable bonds is 5. The van der Waals surface area contributed by atoms with Gasteiger partial charge in [-0.25, -0.2) is 9.78 Å². The normalized spacial score (nSPS) is 16.7. The molecule has 1 aliphatic rings. The molecular weight excluding hydrogens is 344 g/mol. The van der Waals surface area contributed by atoms with Gasteiger partial charge in [0.05, 0.1) is 13.2 Å². The number of hydrogen-bond donors (Lipinski definition) is 1. The van der Waals surface area contributed by atoms with E-state index >= 15 is 0 Å². The van der Waals surface area contributed by atoms with Crippen LogP contribution in [0.1, 0.15) is 31.3 Å². The number of likely N-dealkylation sites (tertiary alicyclic amines) is 1. The lowest BCUT2D eigenvalue weighted by molar-refractivity contribution is 0.102. The third-order valence-corrected chi connectivity index (χ3v) is 4.31. The van der Waals surface area contributed by atoms with E-state index in [0.29, 0.717) is 31.4 Å². The van der Waals surface area contributed by atoms with Crippen molar-refractivity contribution < 1.29 is 14.3 Å². The minimum absolute atomic E-state index is 0.0708. The van der Waals surface area contributed by atoms with E-state index in [9.17, 15) is 4.79 Å². The monoisotopic (exact) mass is 370 g/mol. The molecular formula is C20H26N4O3. The van der Waals surface area contributed by atoms with Crippen molar-refractivity contribution in [2.75, 3.05) is 25.0 Å². The lowest BCUT2D eigenvalue weighted by Gasteiger charge is -2.32. The molecule has 1 aromatic carbocycles. The van der Waals surface area contributed by atoms with E-state index < -0.39 is 0 Å². The SMILES string of the molecule is CCOc1ccc(NC(=O)N2CCCC(Oc3cc(C)nc(C)n3)C2)cc1. The summed E-state index contributed by atoms with van der Waals surface area (Å²) in [5, 5.41) is 2.93. The second kappa shape index (κ2) is 8.70. The van der Waals surface area contributed by atoms with Crippen LogP contribution in [0.5, 0.6) is 11.6 Å². The van der Waals surface area contributed by atoms with Crippen molar-refractivity contribution in [2.24, 2.45) is 0 Å². The number of piperidine rings is 1. The maximum absolute atomic E-state index is 12.6. The summed E-state index contributed by atoms with van der Waals surface area (Å²) in [5.41, 5.74) is 1.62. The first kappa shape index (κ1) is 18.9. The molecule has 1 aliphatic heterocycles. The molecule has 0 spiro atoms. The van der Waals surface area contributed by atoms with Crippen LogP contribution in [0.3, 0.4) is 0 Å². The molecule has 144 valence electrons. The summed E-state index contributed by atoms with van der Waals surface area (Å²) in [6.45, 7) is 7.56. The van der Waals surface area contributed by atoms with Gasteiger partial charge in [0.2, 0.25) is 5.88 Å². The van der Waals surface area contributed by atoms with Crippen molar-refractivity contribution in [3.05, 3.63) is 41.9 Å². The highest BCUT2D eigenvalue weighted by Gasteiger charge is 2.25. The Balaban J connectivity index is 1.57. The van der Waals surface area contributed by atoms with Gasteiger partial charge in [0.1, 0.15) is 17.7 Å². The zero-order valence-electron chi connectivity index (χ0n) is 16.1. The second-order valence-electron chi connectivity index (χ2n) is 6.61. The minimum Gasteiger partial charge on any atom is -0.494 e. The highest BCUT2D eigenvalue weighted by molar-refractivity contribution is 5.89. The van der Waals surface area contributed by atoms with E-state index in [2.05, 4.69) is 15.3 Å². The molecule has 1 atom stereocenters. The van der Waals surface area contributed by atoms with Gasteiger partial charge in [0.15, 0.2) is 0 Å². The molecule has 0 saturated carbocycles. The zero-order valence-corrected chi connectivity index (χ0v) is 16.1. The van der Waals surface area contributed by atoms with Crippen LogP contribution < -0.4 is 14.8 Å². The van der Waals surface area contributed by atoms with Crippen LogP contribution in [0, 0.1) is 13.8 Å². The molecule has 2 aromatic rings. The summed E-state index contributed by atoms with van der Waals surface area (Å²) in [5.74, 6) is 2.04. The van der Waals surface area contributed by atoms with Crippen molar-refractivity contribution >= 4 is 11.7 Å². The number of amides is 2. The molecule has 1 saturated heterocycles. The Morgan fingerprint density at radius 3 is 2.74 bits per heavy atom. The average Bonchev–Trinajstić information content (AvgIpc) is 2.63. The Labute approximate surface area is 159 Å². The van der Waals surface area contributed by atoms with Crippen LogP contribution in [0.2, 0.25) is 0 Å². The molecule has 7 nitrogen and oxygen atoms in total. The maximum Gasteiger partial charge on any atom is 0.321 e. The van der Waals surface area contributed by atoms with Crippen LogP contribution in [0.4, 0.5) is 10.5 Å². The Morgan fingerprint density at radius 1 is 1.26 bits per heavy atom. The summed E-state index contributed by atoms with van der Waals surface area (Å²) in [6, 6.07) is 9.08. The van der Waals surface area contributed by atoms with Crippen LogP contribution in [-0.4, -0.2) is 46.7 Å². The van der Waals surface area contributed by atoms with Crippen molar-refractivity contribution in [1.82, 2.24) is 14.9 Å². The molecule has 27 heavy (non-hydrogen) atoms. The summed E-state index contributed by atoms with van der Waals surface area (Å²) in [4.78, 5) is 23.0. The third-order valence-electron chi connectivity index (χ3n) is 4.31. The van der Waals surface area contributed by atoms with Gasteiger partial charge >= 0.3 is 6.03 Å². The number of ether oxygens (including phenoxy) is 2. The van der Waals surface area contributed by atoms with Crippen molar-refractivity contribution in [3.8, 4) is 11.6 Å². The van der Waals surface area contributed by atoms with Gasteiger partial charge < -0.3 is 19.7 Å². The Bertz CT molecular complexity index is 759. The Kier molecular flexibility index (Phi) is 6.11. The molecule has 1 aromatic heterocycles. The van der Waals surface area contributed by atoms with E-state index in [-0.39, 0.29) is 12.1 Å². The standard InChI is InChI=1S/C20H26N4O3/c1-4-26-17-9-7-16(8-10-17)23-20(25)24-11-5-6-18(13-24)27-19-12-14(2)21-15(3)22-19/h7-10,12,18H,4-6,11,13H2,1-3H3,(H,23,25). The minimum atomic E-state index is -0.123. The zero-order chi connectivity index (χ0) is 19.2. The molecule has 0 bridgehead atoms. The van der Waals surface area contributed by atoms with Gasteiger partial charge in [-0.1, -0.05) is 0 Å². The number of benzene rings is 1. The Morgan fingerprint density at radius 2 is 2.04 bits per heavy atom. The lowest BCUT2D eigenvalue weighted by Crippen LogP contribution is -2.46. The van der Waals surface area contributed by atoms with Crippen molar-refractivity contribution in [1.29, 1.82) is 0 Å². The molecule has 0 radical (unpaired) electrons. The van der Waals surface area contributed by atoms with Gasteiger partial charge in [-0.2, -0.15) is 4.98 Å². The van der Waals surface area contributed by atoms with E-state index in [1.807, 2.05) is 51.1 Å². The number of urea groups is 1. The Hall–Kier alpha value is -2.83. The number of nitrogens with one attached hydrogen (secondary N) is 1. The first-order valence-corrected chi connectivity index (χ1v) is 9.31. The number of aromatic nitrogens is 2. The van der Waals surface area contributed by atoms with Gasteiger partial charge in [-0.3, -0.25) is 0 Å². The van der Waals surface area contributed by atoms with Crippen LogP contribution in [0.15, 0.2) is 30.3 Å². The predicted molar refractivity (Wildman–Crippen MR) is 103 cm³/mol. The predicted octanol–water partition coefficient (Wildman–Crippen LogP) is 3.57. The summed E-state index contributed by atoms with van der Waals surface area (Å²) in [7, 11) is 0. The molecule has 3 rings (SSSR count). The van der Waals surface area contributed by atoms with Gasteiger partial charge in [0, 0.05) is 24.0 Å². The highest BCUT2D eigenvalue weighted by atomic mass is 16.5. The van der Waals surface area contributed by atoms with E-state index in [0.717, 1.165) is 30.0 Å². The number of anilines is 1. The topological polar surface area (TPSA) is 76.6 Å². The fraction of sp³-hybridized carbons (Fsp3) is 0.450. The smallest absolute Gasteiger partial charge is 0.321 e. The molecule has 2 amide bonds. The number of carbonyl (C=O) groups is 1. The fourth-order valence-electron chi connectivity index (χ4n) is 3.14. The molecule has 1 N–H and O–H groups in total. The number of nitrogens with zero attached hydrogens (tertiary/aromatic N) is 3. The summed E-state index contributed by atoms with van der Waals surface area (Å²) in [6.07, 6.45) is 1.72. The molecule has 7 heteroatoms. The van der Waals surface area contributed by atoms with Crippen LogP contribution >= 0.6 is 0 Å². The van der Waals surface area contributed by atoms with Gasteiger partial charge in [-0.15, -0.1) is 0 Å². The van der Waals surface area contributed by atoms with Crippen molar-refractivity contribution in [2.45, 2.75) is 39.7 Å². The molecule has 0 aliphatic carbocycles. The average molecular weight is 370 g/mol. The maximum atomic E-state index is 12.6. The van der Waals surface area contributed by atoms with Gasteiger partial charge in [0.25, 0.3) is 0 Å². The first-order valence-electron chi connectivity index (χ1n) is 9.31. The highest BCUT2D eigenvalue weighted by Crippen LogP contribution is 2.20. The number of carbonyl (C=O) groups excluding carboxylic acids is 1. The third kappa shape index (κ3) is 5.32. The first-order chi connectivity index (χ1) is 13.0. The van der Waals surface area contributed by atoms with Gasteiger partial charge in [-0.05, 0) is 57.9 Å². The quantitative estimate of drug-likeness (QED) is 0.871.